The molecule has 55 heavy (non-hydrogen) atoms. The van der Waals surface area contributed by atoms with Crippen LogP contribution in [-0.2, 0) is 0 Å². The number of anilines is 2. The molecule has 0 saturated heterocycles. The molecule has 0 atom stereocenters. The van der Waals surface area contributed by atoms with Crippen molar-refractivity contribution < 1.29 is 23.8 Å². The first-order valence-electron chi connectivity index (χ1n) is 15.6. The number of nitriles is 2. The van der Waals surface area contributed by atoms with Gasteiger partial charge in [0.1, 0.15) is 11.4 Å². The van der Waals surface area contributed by atoms with Crippen LogP contribution in [0, 0.1) is 32.8 Å². The van der Waals surface area contributed by atoms with E-state index in [0.29, 0.717) is 45.1 Å². The van der Waals surface area contributed by atoms with Crippen molar-refractivity contribution in [2.45, 2.75) is 0 Å². The molecule has 21 heteroatoms. The lowest BCUT2D eigenvalue weighted by molar-refractivity contribution is -0.384. The molecule has 0 unspecified atom stereocenters. The molecule has 0 bridgehead atoms. The van der Waals surface area contributed by atoms with E-state index in [1.807, 2.05) is 24.3 Å². The van der Waals surface area contributed by atoms with Crippen molar-refractivity contribution in [1.29, 1.82) is 10.5 Å². The second-order valence-electron chi connectivity index (χ2n) is 11.2. The summed E-state index contributed by atoms with van der Waals surface area (Å²) in [7, 11) is 1.59. The zero-order valence-electron chi connectivity index (χ0n) is 27.9. The number of carbonyl (C=O) groups excluding carboxylic acids is 2. The number of tetrazole rings is 2. The molecule has 0 aliphatic heterocycles. The van der Waals surface area contributed by atoms with Crippen LogP contribution >= 0.6 is 0 Å². The van der Waals surface area contributed by atoms with E-state index >= 15 is 0 Å². The highest BCUT2D eigenvalue weighted by molar-refractivity contribution is 6.12. The van der Waals surface area contributed by atoms with Crippen LogP contribution in [0.25, 0.3) is 44.6 Å². The molecule has 21 nitrogen and oxygen atoms in total. The number of H-pyrrole nitrogens is 3. The van der Waals surface area contributed by atoms with Gasteiger partial charge in [-0.3, -0.25) is 19.7 Å². The van der Waals surface area contributed by atoms with Crippen molar-refractivity contribution in [1.82, 2.24) is 51.4 Å². The van der Waals surface area contributed by atoms with Crippen molar-refractivity contribution >= 4 is 50.7 Å². The Bertz CT molecular complexity index is 2810. The highest BCUT2D eigenvalue weighted by Crippen LogP contribution is 2.30. The van der Waals surface area contributed by atoms with Gasteiger partial charge < -0.3 is 24.9 Å². The second-order valence-corrected chi connectivity index (χ2v) is 11.2. The van der Waals surface area contributed by atoms with Crippen LogP contribution in [0.4, 0.5) is 17.1 Å². The minimum absolute atomic E-state index is 0.123. The molecule has 0 saturated carbocycles. The number of non-ortho nitro benzene ring substituents is 1. The van der Waals surface area contributed by atoms with Crippen molar-refractivity contribution in [3.63, 3.8) is 0 Å². The molecule has 0 spiro atoms. The first kappa shape index (κ1) is 34.6. The molecular weight excluding hydrogens is 714 g/mol. The van der Waals surface area contributed by atoms with Gasteiger partial charge in [0, 0.05) is 40.2 Å². The Morgan fingerprint density at radius 2 is 1.45 bits per heavy atom. The topological polar surface area (TPSA) is 309 Å². The number of aromatic amines is 3. The second kappa shape index (κ2) is 14.8. The minimum atomic E-state index is -0.659. The number of rotatable bonds is 8. The molecule has 2 amide bonds. The van der Waals surface area contributed by atoms with Crippen molar-refractivity contribution in [2.75, 3.05) is 17.7 Å². The fourth-order valence-electron chi connectivity index (χ4n) is 5.30. The normalized spacial score (nSPS) is 10.5. The number of hydrogen-bond donors (Lipinski definition) is 5. The van der Waals surface area contributed by atoms with Crippen molar-refractivity contribution in [3.05, 3.63) is 111 Å². The first-order valence-corrected chi connectivity index (χ1v) is 15.6. The van der Waals surface area contributed by atoms with Crippen LogP contribution in [0.15, 0.2) is 83.4 Å². The molecule has 8 aromatic rings. The molecule has 8 rings (SSSR count). The summed E-state index contributed by atoms with van der Waals surface area (Å²) in [4.78, 5) is 38.9. The van der Waals surface area contributed by atoms with Gasteiger partial charge in [0.15, 0.2) is 11.3 Å². The molecule has 0 aliphatic carbocycles. The Kier molecular flexibility index (Phi) is 9.30. The van der Waals surface area contributed by atoms with Crippen LogP contribution in [0.2, 0.25) is 0 Å². The Labute approximate surface area is 306 Å². The number of methoxy groups -OCH3 is 1. The van der Waals surface area contributed by atoms with E-state index in [1.54, 1.807) is 31.4 Å². The van der Waals surface area contributed by atoms with E-state index in [4.69, 9.17) is 19.8 Å². The monoisotopic (exact) mass is 735 g/mol. The van der Waals surface area contributed by atoms with Crippen molar-refractivity contribution in [2.24, 2.45) is 0 Å². The standard InChI is InChI=1S/C18H13N7O2.C16H8N8O4/c1-27-12-4-3-11-7-16(20-15(11)8-12)18(26)21-14-5-2-10(9-19)6-13(14)17-22-24-25-23-17;17-7-8-1-3-12(10(5-8)15-19-22-23-20-15)18-16(25)14-11-6-9(24(26)27)2-4-13(11)28-21-14/h2-8,20H,1H3,(H,21,26)(H,22,23,24,25);1-6H,(H,18,25)(H,19,20,22,23). The third kappa shape index (κ3) is 7.19. The fourth-order valence-corrected chi connectivity index (χ4v) is 5.30. The molecular formula is C34H21N15O6. The Balaban J connectivity index is 0.000000169. The Morgan fingerprint density at radius 3 is 2.02 bits per heavy atom. The summed E-state index contributed by atoms with van der Waals surface area (Å²) in [5, 5.41) is 66.7. The number of hydrogen-bond acceptors (Lipinski definition) is 15. The smallest absolute Gasteiger partial charge is 0.278 e. The third-order valence-electron chi connectivity index (χ3n) is 7.92. The summed E-state index contributed by atoms with van der Waals surface area (Å²) in [5.41, 5.74) is 3.47. The van der Waals surface area contributed by atoms with E-state index in [1.165, 1.54) is 36.4 Å². The predicted molar refractivity (Wildman–Crippen MR) is 190 cm³/mol. The van der Waals surface area contributed by atoms with Gasteiger partial charge in [-0.1, -0.05) is 5.16 Å². The number of benzene rings is 4. The van der Waals surface area contributed by atoms with Gasteiger partial charge in [0.05, 0.1) is 52.1 Å². The largest absolute Gasteiger partial charge is 0.497 e. The highest BCUT2D eigenvalue weighted by atomic mass is 16.6. The minimum Gasteiger partial charge on any atom is -0.497 e. The molecule has 268 valence electrons. The van der Waals surface area contributed by atoms with Crippen LogP contribution < -0.4 is 15.4 Å². The summed E-state index contributed by atoms with van der Waals surface area (Å²) in [5.74, 6) is 0.160. The molecule has 4 aromatic carbocycles. The first-order chi connectivity index (χ1) is 26.7. The number of nitrogens with one attached hydrogen (secondary N) is 5. The molecule has 4 heterocycles. The highest BCUT2D eigenvalue weighted by Gasteiger charge is 2.22. The van der Waals surface area contributed by atoms with Crippen LogP contribution in [0.5, 0.6) is 5.75 Å². The van der Waals surface area contributed by atoms with E-state index in [9.17, 15) is 19.7 Å². The summed E-state index contributed by atoms with van der Waals surface area (Å²) in [6.07, 6.45) is 0. The van der Waals surface area contributed by atoms with Crippen molar-refractivity contribution in [3.8, 4) is 40.7 Å². The molecule has 0 fully saturated rings. The van der Waals surface area contributed by atoms with E-state index < -0.39 is 10.8 Å². The number of carbonyl (C=O) groups is 2. The average Bonchev–Trinajstić information content (AvgIpc) is 4.05. The number of fused-ring (bicyclic) bond motifs is 2. The predicted octanol–water partition coefficient (Wildman–Crippen LogP) is 4.52. The maximum absolute atomic E-state index is 12.7. The SMILES string of the molecule is COc1ccc2cc(C(=O)Nc3ccc(C#N)cc3-c3nn[nH]n3)[nH]c2c1.N#Cc1ccc(NC(=O)c2noc3ccc([N+](=O)[O-])cc23)c(-c2nn[nH]n2)c1. The van der Waals surface area contributed by atoms with E-state index in [0.717, 1.165) is 10.9 Å². The van der Waals surface area contributed by atoms with Crippen LogP contribution in [0.3, 0.4) is 0 Å². The molecule has 5 N–H and O–H groups in total. The Morgan fingerprint density at radius 1 is 0.818 bits per heavy atom. The number of nitro benzene ring substituents is 1. The van der Waals surface area contributed by atoms with Gasteiger partial charge in [-0.2, -0.15) is 21.0 Å². The van der Waals surface area contributed by atoms with E-state index in [2.05, 4.69) is 68.1 Å². The lowest BCUT2D eigenvalue weighted by Gasteiger charge is -2.08. The third-order valence-corrected chi connectivity index (χ3v) is 7.92. The van der Waals surface area contributed by atoms with Gasteiger partial charge in [0.2, 0.25) is 11.6 Å². The van der Waals surface area contributed by atoms with Crippen LogP contribution in [-0.4, -0.2) is 75.2 Å². The fraction of sp³-hybridized carbons (Fsp3) is 0.0294. The maximum Gasteiger partial charge on any atom is 0.278 e. The van der Waals surface area contributed by atoms with Crippen LogP contribution in [0.1, 0.15) is 32.1 Å². The summed E-state index contributed by atoms with van der Waals surface area (Å²) >= 11 is 0. The summed E-state index contributed by atoms with van der Waals surface area (Å²) < 4.78 is 10.3. The molecule has 0 radical (unpaired) electrons. The zero-order chi connectivity index (χ0) is 38.5. The number of aromatic nitrogens is 10. The van der Waals surface area contributed by atoms with Gasteiger partial charge in [0.25, 0.3) is 17.5 Å². The number of nitrogens with zero attached hydrogens (tertiary/aromatic N) is 10. The van der Waals surface area contributed by atoms with Gasteiger partial charge >= 0.3 is 0 Å². The quantitative estimate of drug-likeness (QED) is 0.106. The van der Waals surface area contributed by atoms with Gasteiger partial charge in [-0.05, 0) is 71.1 Å². The Hall–Kier alpha value is -8.85. The summed E-state index contributed by atoms with van der Waals surface area (Å²) in [6.45, 7) is 0. The number of nitro groups is 1. The average molecular weight is 736 g/mol. The van der Waals surface area contributed by atoms with E-state index in [-0.39, 0.29) is 39.9 Å². The molecule has 4 aromatic heterocycles. The lowest BCUT2D eigenvalue weighted by atomic mass is 10.1. The number of ether oxygens (including phenoxy) is 1. The maximum atomic E-state index is 12.7. The number of amides is 2. The lowest BCUT2D eigenvalue weighted by Crippen LogP contribution is -2.13. The van der Waals surface area contributed by atoms with Gasteiger partial charge in [-0.15, -0.1) is 20.4 Å². The van der Waals surface area contributed by atoms with Gasteiger partial charge in [-0.25, -0.2) is 0 Å². The molecule has 0 aliphatic rings. The zero-order valence-corrected chi connectivity index (χ0v) is 27.9. The summed E-state index contributed by atoms with van der Waals surface area (Å²) in [6, 6.07) is 24.5.